The number of rotatable bonds is 4. The summed E-state index contributed by atoms with van der Waals surface area (Å²) in [6.45, 7) is 11.0. The Morgan fingerprint density at radius 3 is 2.39 bits per heavy atom. The maximum Gasteiger partial charge on any atom is 0.263 e. The summed E-state index contributed by atoms with van der Waals surface area (Å²) in [4.78, 5) is 20.5. The van der Waals surface area contributed by atoms with Crippen LogP contribution in [0.2, 0.25) is 10.0 Å². The number of aromatic nitrogens is 4. The van der Waals surface area contributed by atoms with Crippen LogP contribution in [0, 0.1) is 19.3 Å². The first-order chi connectivity index (χ1) is 17.3. The van der Waals surface area contributed by atoms with Gasteiger partial charge in [0.2, 0.25) is 5.88 Å². The average Bonchev–Trinajstić information content (AvgIpc) is 3.51. The molecule has 2 aliphatic heterocycles. The number of aryl methyl sites for hydroxylation is 2. The van der Waals surface area contributed by atoms with Gasteiger partial charge in [-0.1, -0.05) is 37.0 Å². The fraction of sp³-hybridized carbons (Fsp3) is 0.500. The number of hydrogen-bond acceptors (Lipinski definition) is 6. The zero-order valence-corrected chi connectivity index (χ0v) is 23.0. The van der Waals surface area contributed by atoms with Gasteiger partial charge in [0.05, 0.1) is 22.9 Å². The van der Waals surface area contributed by atoms with Gasteiger partial charge in [-0.15, -0.1) is 5.10 Å². The van der Waals surface area contributed by atoms with Gasteiger partial charge < -0.3 is 14.4 Å². The Hall–Kier alpha value is -2.55. The fourth-order valence-electron chi connectivity index (χ4n) is 4.86. The number of halogens is 2. The molecule has 0 aliphatic carbocycles. The summed E-state index contributed by atoms with van der Waals surface area (Å²) in [6, 6.07) is 5.12. The number of hydrogen-bond donors (Lipinski definition) is 0. The molecule has 0 radical (unpaired) electrons. The predicted octanol–water partition coefficient (Wildman–Crippen LogP) is 5.72. The van der Waals surface area contributed by atoms with Crippen LogP contribution in [0.4, 0.5) is 5.82 Å². The predicted molar refractivity (Wildman–Crippen MR) is 143 cm³/mol. The van der Waals surface area contributed by atoms with Crippen molar-refractivity contribution >= 4 is 29.0 Å². The third-order valence-corrected chi connectivity index (χ3v) is 7.78. The minimum Gasteiger partial charge on any atom is -0.436 e. The minimum atomic E-state index is -0.164. The first kappa shape index (κ1) is 26.5. The maximum atomic E-state index is 13.5. The van der Waals surface area contributed by atoms with Gasteiger partial charge in [-0.25, -0.2) is 4.98 Å². The van der Waals surface area contributed by atoms with E-state index in [1.165, 1.54) is 4.57 Å². The Morgan fingerprint density at radius 1 is 1.06 bits per heavy atom. The van der Waals surface area contributed by atoms with E-state index in [9.17, 15) is 4.79 Å². The Labute approximate surface area is 221 Å². The monoisotopic (exact) mass is 533 g/mol. The molecule has 2 fully saturated rings. The minimum absolute atomic E-state index is 0.164. The van der Waals surface area contributed by atoms with Crippen LogP contribution in [0.25, 0.3) is 5.69 Å². The molecule has 2 aromatic heterocycles. The van der Waals surface area contributed by atoms with Gasteiger partial charge in [-0.05, 0) is 50.7 Å². The summed E-state index contributed by atoms with van der Waals surface area (Å²) < 4.78 is 14.5. The first-order valence-corrected chi connectivity index (χ1v) is 13.1. The van der Waals surface area contributed by atoms with Gasteiger partial charge in [0.15, 0.2) is 0 Å². The van der Waals surface area contributed by atoms with Crippen LogP contribution in [0.5, 0.6) is 11.6 Å². The Morgan fingerprint density at radius 2 is 1.78 bits per heavy atom. The molecular formula is C26H33Cl2N5O3. The van der Waals surface area contributed by atoms with Crippen LogP contribution in [0.3, 0.4) is 0 Å². The fourth-order valence-corrected chi connectivity index (χ4v) is 5.30. The van der Waals surface area contributed by atoms with E-state index in [1.54, 1.807) is 36.1 Å². The molecule has 0 saturated carbocycles. The number of nitrogens with zero attached hydrogens (tertiary/aromatic N) is 5. The molecule has 4 heterocycles. The highest BCUT2D eigenvalue weighted by atomic mass is 35.5. The van der Waals surface area contributed by atoms with Gasteiger partial charge in [0, 0.05) is 39.0 Å². The number of ether oxygens (including phenoxy) is 2. The van der Waals surface area contributed by atoms with Gasteiger partial charge in [0.1, 0.15) is 22.4 Å². The molecule has 0 unspecified atom stereocenters. The number of benzene rings is 1. The second-order valence-corrected chi connectivity index (χ2v) is 9.93. The topological polar surface area (TPSA) is 74.4 Å². The second-order valence-electron chi connectivity index (χ2n) is 9.18. The average molecular weight is 534 g/mol. The molecule has 5 rings (SSSR count). The lowest BCUT2D eigenvalue weighted by Crippen LogP contribution is -2.42. The zero-order chi connectivity index (χ0) is 26.0. The van der Waals surface area contributed by atoms with E-state index in [0.29, 0.717) is 28.7 Å². The third-order valence-electron chi connectivity index (χ3n) is 6.93. The quantitative estimate of drug-likeness (QED) is 0.427. The second kappa shape index (κ2) is 10.8. The van der Waals surface area contributed by atoms with Crippen LogP contribution in [-0.4, -0.2) is 45.6 Å². The Balaban J connectivity index is 0.00000148. The molecule has 0 atom stereocenters. The van der Waals surface area contributed by atoms with Crippen LogP contribution >= 0.6 is 23.2 Å². The van der Waals surface area contributed by atoms with Crippen molar-refractivity contribution in [1.29, 1.82) is 0 Å². The molecule has 8 nitrogen and oxygen atoms in total. The highest BCUT2D eigenvalue weighted by molar-refractivity contribution is 6.44. The molecule has 0 amide bonds. The van der Waals surface area contributed by atoms with Crippen molar-refractivity contribution in [1.82, 2.24) is 19.3 Å². The summed E-state index contributed by atoms with van der Waals surface area (Å²) in [5.74, 6) is 2.05. The standard InChI is InChI=1S/C24H27Cl2N5O3.C2H6/c1-15-22(30-11-7-24(8-12-30)9-13-33-14-24)27-16(2)31(23(15)32)17-4-5-18(21(26)20(17)25)34-19-6-10-29(3)28-19;1-2/h4-6,10H,7-9,11-14H2,1-3H3;1-2H3. The van der Waals surface area contributed by atoms with Crippen molar-refractivity contribution in [2.45, 2.75) is 47.0 Å². The molecule has 1 aromatic carbocycles. The first-order valence-electron chi connectivity index (χ1n) is 12.4. The van der Waals surface area contributed by atoms with E-state index in [2.05, 4.69) is 10.00 Å². The Bertz CT molecular complexity index is 1290. The molecule has 0 N–H and O–H groups in total. The molecule has 2 saturated heterocycles. The molecule has 194 valence electrons. The van der Waals surface area contributed by atoms with E-state index >= 15 is 0 Å². The van der Waals surface area contributed by atoms with Crippen LogP contribution < -0.4 is 15.2 Å². The van der Waals surface area contributed by atoms with E-state index in [1.807, 2.05) is 27.7 Å². The smallest absolute Gasteiger partial charge is 0.263 e. The molecule has 0 bridgehead atoms. The molecule has 1 spiro atoms. The van der Waals surface area contributed by atoms with E-state index in [0.717, 1.165) is 51.4 Å². The van der Waals surface area contributed by atoms with Crippen molar-refractivity contribution in [3.63, 3.8) is 0 Å². The highest BCUT2D eigenvalue weighted by Gasteiger charge is 2.38. The van der Waals surface area contributed by atoms with Gasteiger partial charge in [0.25, 0.3) is 5.56 Å². The van der Waals surface area contributed by atoms with Crippen LogP contribution in [0.1, 0.15) is 44.5 Å². The highest BCUT2D eigenvalue weighted by Crippen LogP contribution is 2.41. The molecule has 36 heavy (non-hydrogen) atoms. The number of anilines is 1. The SMILES string of the molecule is CC.Cc1c(N2CCC3(CCOC3)CC2)nc(C)n(-c2ccc(Oc3ccn(C)n3)c(Cl)c2Cl)c1=O. The summed E-state index contributed by atoms with van der Waals surface area (Å²) in [7, 11) is 1.80. The summed E-state index contributed by atoms with van der Waals surface area (Å²) in [6.07, 6.45) is 4.99. The lowest BCUT2D eigenvalue weighted by atomic mass is 9.78. The van der Waals surface area contributed by atoms with Crippen molar-refractivity contribution in [2.75, 3.05) is 31.2 Å². The van der Waals surface area contributed by atoms with E-state index in [-0.39, 0.29) is 21.0 Å². The zero-order valence-electron chi connectivity index (χ0n) is 21.5. The van der Waals surface area contributed by atoms with Crippen molar-refractivity contribution in [3.05, 3.63) is 56.2 Å². The maximum absolute atomic E-state index is 13.5. The van der Waals surface area contributed by atoms with Gasteiger partial charge in [-0.3, -0.25) is 14.0 Å². The van der Waals surface area contributed by atoms with Crippen molar-refractivity contribution in [2.24, 2.45) is 12.5 Å². The molecule has 3 aromatic rings. The largest absolute Gasteiger partial charge is 0.436 e. The lowest BCUT2D eigenvalue weighted by molar-refractivity contribution is 0.133. The summed E-state index contributed by atoms with van der Waals surface area (Å²) >= 11 is 13.1. The molecule has 2 aliphatic rings. The van der Waals surface area contributed by atoms with E-state index < -0.39 is 0 Å². The number of piperidine rings is 1. The molecular weight excluding hydrogens is 501 g/mol. The van der Waals surface area contributed by atoms with Gasteiger partial charge >= 0.3 is 0 Å². The van der Waals surface area contributed by atoms with Crippen molar-refractivity contribution < 1.29 is 9.47 Å². The molecule has 10 heteroatoms. The van der Waals surface area contributed by atoms with Crippen LogP contribution in [-0.2, 0) is 11.8 Å². The van der Waals surface area contributed by atoms with Crippen LogP contribution in [0.15, 0.2) is 29.2 Å². The van der Waals surface area contributed by atoms with Crippen molar-refractivity contribution in [3.8, 4) is 17.3 Å². The summed E-state index contributed by atoms with van der Waals surface area (Å²) in [5, 5.41) is 4.61. The normalized spacial score (nSPS) is 16.7. The third kappa shape index (κ3) is 4.99. The Kier molecular flexibility index (Phi) is 7.97. The van der Waals surface area contributed by atoms with E-state index in [4.69, 9.17) is 37.7 Å². The lowest BCUT2D eigenvalue weighted by Gasteiger charge is -2.39. The van der Waals surface area contributed by atoms with Gasteiger partial charge in [-0.2, -0.15) is 0 Å². The summed E-state index contributed by atoms with van der Waals surface area (Å²) in [5.41, 5.74) is 1.18.